The summed E-state index contributed by atoms with van der Waals surface area (Å²) < 4.78 is 15.3. The van der Waals surface area contributed by atoms with Crippen molar-refractivity contribution in [2.75, 3.05) is 0 Å². The molecule has 2 aromatic carbocycles. The Labute approximate surface area is 128 Å². The van der Waals surface area contributed by atoms with Gasteiger partial charge >= 0.3 is 0 Å². The largest absolute Gasteiger partial charge is 0.505 e. The molecule has 0 unspecified atom stereocenters. The molecule has 110 valence electrons. The van der Waals surface area contributed by atoms with Gasteiger partial charge in [0.25, 0.3) is 0 Å². The lowest BCUT2D eigenvalue weighted by atomic mass is 10.1. The molecule has 0 aliphatic heterocycles. The van der Waals surface area contributed by atoms with Crippen LogP contribution in [0, 0.1) is 12.7 Å². The van der Waals surface area contributed by atoms with E-state index in [4.69, 9.17) is 0 Å². The molecule has 0 atom stereocenters. The summed E-state index contributed by atoms with van der Waals surface area (Å²) >= 11 is 0. The summed E-state index contributed by atoms with van der Waals surface area (Å²) in [5.74, 6) is -0.894. The van der Waals surface area contributed by atoms with Gasteiger partial charge in [0.2, 0.25) is 0 Å². The van der Waals surface area contributed by atoms with Gasteiger partial charge in [0, 0.05) is 12.4 Å². The maximum absolute atomic E-state index is 13.5. The molecule has 3 nitrogen and oxygen atoms in total. The zero-order valence-corrected chi connectivity index (χ0v) is 12.1. The summed E-state index contributed by atoms with van der Waals surface area (Å²) in [5, 5.41) is 13.6. The van der Waals surface area contributed by atoms with Crippen LogP contribution in [0.4, 0.5) is 4.39 Å². The summed E-state index contributed by atoms with van der Waals surface area (Å²) in [4.78, 5) is 0. The molecule has 3 rings (SSSR count). The molecule has 0 fully saturated rings. The van der Waals surface area contributed by atoms with Gasteiger partial charge in [-0.2, -0.15) is 5.10 Å². The van der Waals surface area contributed by atoms with E-state index in [2.05, 4.69) is 5.10 Å². The first-order valence-electron chi connectivity index (χ1n) is 6.91. The summed E-state index contributed by atoms with van der Waals surface area (Å²) in [6.45, 7) is 1.68. The zero-order chi connectivity index (χ0) is 15.5. The van der Waals surface area contributed by atoms with Crippen molar-refractivity contribution in [2.45, 2.75) is 6.92 Å². The van der Waals surface area contributed by atoms with Crippen LogP contribution in [0.1, 0.15) is 16.7 Å². The molecule has 22 heavy (non-hydrogen) atoms. The Morgan fingerprint density at radius 3 is 2.45 bits per heavy atom. The number of phenolic OH excluding ortho intramolecular Hbond substituents is 1. The van der Waals surface area contributed by atoms with Crippen molar-refractivity contribution in [1.82, 2.24) is 9.78 Å². The first kappa shape index (κ1) is 14.1. The van der Waals surface area contributed by atoms with Crippen LogP contribution in [0.2, 0.25) is 0 Å². The second-order valence-electron chi connectivity index (χ2n) is 5.04. The predicted molar refractivity (Wildman–Crippen MR) is 85.3 cm³/mol. The van der Waals surface area contributed by atoms with E-state index < -0.39 is 5.82 Å². The molecule has 0 amide bonds. The highest BCUT2D eigenvalue weighted by atomic mass is 19.1. The molecule has 0 saturated heterocycles. The first-order chi connectivity index (χ1) is 10.6. The number of rotatable bonds is 3. The van der Waals surface area contributed by atoms with E-state index in [1.165, 1.54) is 6.07 Å². The highest BCUT2D eigenvalue weighted by Crippen LogP contribution is 2.23. The third-order valence-corrected chi connectivity index (χ3v) is 3.41. The highest BCUT2D eigenvalue weighted by Gasteiger charge is 2.04. The molecule has 0 spiro atoms. The minimum absolute atomic E-state index is 0.291. The van der Waals surface area contributed by atoms with Crippen molar-refractivity contribution in [3.8, 4) is 11.4 Å². The number of halogens is 1. The van der Waals surface area contributed by atoms with Gasteiger partial charge < -0.3 is 5.11 Å². The van der Waals surface area contributed by atoms with Gasteiger partial charge in [-0.25, -0.2) is 9.07 Å². The molecule has 0 bridgehead atoms. The zero-order valence-electron chi connectivity index (χ0n) is 12.1. The molecule has 4 heteroatoms. The van der Waals surface area contributed by atoms with E-state index >= 15 is 0 Å². The Balaban J connectivity index is 1.81. The highest BCUT2D eigenvalue weighted by molar-refractivity contribution is 5.70. The topological polar surface area (TPSA) is 38.0 Å². The van der Waals surface area contributed by atoms with Crippen LogP contribution in [-0.2, 0) is 0 Å². The SMILES string of the molecule is Cc1cc(/C=C/c2ccc(-n3cccn3)cc2)cc(F)c1O. The second kappa shape index (κ2) is 5.85. The Kier molecular flexibility index (Phi) is 3.74. The van der Waals surface area contributed by atoms with Gasteiger partial charge in [0.1, 0.15) is 0 Å². The Morgan fingerprint density at radius 1 is 1.09 bits per heavy atom. The summed E-state index contributed by atoms with van der Waals surface area (Å²) in [6.07, 6.45) is 7.33. The van der Waals surface area contributed by atoms with Crippen molar-refractivity contribution in [2.24, 2.45) is 0 Å². The number of aromatic hydroxyl groups is 1. The number of hydrogen-bond acceptors (Lipinski definition) is 2. The first-order valence-corrected chi connectivity index (χ1v) is 6.91. The van der Waals surface area contributed by atoms with Crippen molar-refractivity contribution >= 4 is 12.2 Å². The van der Waals surface area contributed by atoms with Crippen LogP contribution in [0.15, 0.2) is 54.9 Å². The standard InChI is InChI=1S/C18H15FN2O/c1-13-11-15(12-17(19)18(13)22)4-3-14-5-7-16(8-6-14)21-10-2-9-20-21/h2-12,22H,1H3/b4-3+. The van der Waals surface area contributed by atoms with E-state index in [0.29, 0.717) is 11.1 Å². The number of aromatic nitrogens is 2. The Morgan fingerprint density at radius 2 is 1.82 bits per heavy atom. The fraction of sp³-hybridized carbons (Fsp3) is 0.0556. The molecular formula is C18H15FN2O. The minimum Gasteiger partial charge on any atom is -0.505 e. The van der Waals surface area contributed by atoms with Crippen LogP contribution in [0.3, 0.4) is 0 Å². The Bertz CT molecular complexity index is 783. The van der Waals surface area contributed by atoms with Crippen LogP contribution in [0.25, 0.3) is 17.8 Å². The number of benzene rings is 2. The van der Waals surface area contributed by atoms with Gasteiger partial charge in [-0.05, 0) is 53.9 Å². The lowest BCUT2D eigenvalue weighted by Crippen LogP contribution is -1.93. The molecular weight excluding hydrogens is 279 g/mol. The quantitative estimate of drug-likeness (QED) is 0.735. The van der Waals surface area contributed by atoms with Crippen molar-refractivity contribution in [3.05, 3.63) is 77.4 Å². The Hall–Kier alpha value is -2.88. The van der Waals surface area contributed by atoms with Crippen LogP contribution >= 0.6 is 0 Å². The van der Waals surface area contributed by atoms with Crippen molar-refractivity contribution < 1.29 is 9.50 Å². The normalized spacial score (nSPS) is 11.2. The average Bonchev–Trinajstić information content (AvgIpc) is 3.05. The summed E-state index contributed by atoms with van der Waals surface area (Å²) in [6, 6.07) is 12.8. The van der Waals surface area contributed by atoms with Crippen LogP contribution in [0.5, 0.6) is 5.75 Å². The van der Waals surface area contributed by atoms with Crippen LogP contribution < -0.4 is 0 Å². The molecule has 0 saturated carbocycles. The second-order valence-corrected chi connectivity index (χ2v) is 5.04. The fourth-order valence-corrected chi connectivity index (χ4v) is 2.21. The average molecular weight is 294 g/mol. The lowest BCUT2D eigenvalue weighted by molar-refractivity contribution is 0.428. The van der Waals surface area contributed by atoms with E-state index in [1.54, 1.807) is 23.9 Å². The van der Waals surface area contributed by atoms with E-state index in [9.17, 15) is 9.50 Å². The molecule has 0 radical (unpaired) electrons. The number of hydrogen-bond donors (Lipinski definition) is 1. The molecule has 1 aromatic heterocycles. The molecule has 3 aromatic rings. The van der Waals surface area contributed by atoms with Gasteiger partial charge in [0.05, 0.1) is 5.69 Å². The maximum Gasteiger partial charge on any atom is 0.165 e. The van der Waals surface area contributed by atoms with E-state index in [-0.39, 0.29) is 5.75 Å². The van der Waals surface area contributed by atoms with E-state index in [1.807, 2.05) is 48.7 Å². The third-order valence-electron chi connectivity index (χ3n) is 3.41. The fourth-order valence-electron chi connectivity index (χ4n) is 2.21. The predicted octanol–water partition coefficient (Wildman–Crippen LogP) is 4.20. The maximum atomic E-state index is 13.5. The van der Waals surface area contributed by atoms with Gasteiger partial charge in [-0.1, -0.05) is 24.3 Å². The third kappa shape index (κ3) is 2.91. The molecule has 0 aliphatic rings. The number of nitrogens with zero attached hydrogens (tertiary/aromatic N) is 2. The van der Waals surface area contributed by atoms with Gasteiger partial charge in [-0.15, -0.1) is 0 Å². The van der Waals surface area contributed by atoms with Crippen LogP contribution in [-0.4, -0.2) is 14.9 Å². The monoisotopic (exact) mass is 294 g/mol. The summed E-state index contributed by atoms with van der Waals surface area (Å²) in [7, 11) is 0. The van der Waals surface area contributed by atoms with Gasteiger partial charge in [-0.3, -0.25) is 0 Å². The molecule has 0 aliphatic carbocycles. The van der Waals surface area contributed by atoms with Crippen molar-refractivity contribution in [3.63, 3.8) is 0 Å². The lowest BCUT2D eigenvalue weighted by Gasteiger charge is -2.03. The number of phenols is 1. The van der Waals surface area contributed by atoms with Gasteiger partial charge in [0.15, 0.2) is 11.6 Å². The molecule has 1 N–H and O–H groups in total. The smallest absolute Gasteiger partial charge is 0.165 e. The molecule has 1 heterocycles. The van der Waals surface area contributed by atoms with Crippen molar-refractivity contribution in [1.29, 1.82) is 0 Å². The number of aryl methyl sites for hydroxylation is 1. The van der Waals surface area contributed by atoms with E-state index in [0.717, 1.165) is 11.3 Å². The minimum atomic E-state index is -0.603. The summed E-state index contributed by atoms with van der Waals surface area (Å²) in [5.41, 5.74) is 3.22.